The molecular formula is C13H14O2S. The number of aryl methyl sites for hydroxylation is 3. The molecule has 0 saturated heterocycles. The van der Waals surface area contributed by atoms with Gasteiger partial charge in [-0.1, -0.05) is 6.07 Å². The molecule has 2 nitrogen and oxygen atoms in total. The summed E-state index contributed by atoms with van der Waals surface area (Å²) in [6.45, 7) is 3.70. The summed E-state index contributed by atoms with van der Waals surface area (Å²) in [5.41, 5.74) is 0.731. The molecule has 16 heavy (non-hydrogen) atoms. The molecule has 0 N–H and O–H groups in total. The van der Waals surface area contributed by atoms with Crippen molar-refractivity contribution in [2.24, 2.45) is 0 Å². The summed E-state index contributed by atoms with van der Waals surface area (Å²) in [4.78, 5) is 13.2. The molecule has 3 heteroatoms. The molecule has 0 atom stereocenters. The van der Waals surface area contributed by atoms with Gasteiger partial charge in [0.2, 0.25) is 0 Å². The highest BCUT2D eigenvalue weighted by atomic mass is 32.1. The van der Waals surface area contributed by atoms with Gasteiger partial charge in [0, 0.05) is 11.3 Å². The molecule has 0 aliphatic rings. The smallest absolute Gasteiger partial charge is 0.166 e. The van der Waals surface area contributed by atoms with Crippen molar-refractivity contribution in [3.05, 3.63) is 45.5 Å². The molecule has 0 spiro atoms. The molecule has 0 bridgehead atoms. The second-order valence-corrected chi connectivity index (χ2v) is 4.86. The summed E-state index contributed by atoms with van der Waals surface area (Å²) in [5, 5.41) is 2.03. The third-order valence-electron chi connectivity index (χ3n) is 2.52. The fraction of sp³-hybridized carbons (Fsp3) is 0.308. The Balaban J connectivity index is 2.01. The van der Waals surface area contributed by atoms with E-state index < -0.39 is 0 Å². The average molecular weight is 234 g/mol. The SMILES string of the molecule is Cc1cc(C(=O)CCc2cccs2)c(C)o1. The van der Waals surface area contributed by atoms with E-state index in [1.165, 1.54) is 4.88 Å². The molecule has 0 aliphatic carbocycles. The van der Waals surface area contributed by atoms with Gasteiger partial charge in [-0.05, 0) is 37.8 Å². The molecule has 0 unspecified atom stereocenters. The normalized spacial score (nSPS) is 10.6. The number of ketones is 1. The number of hydrogen-bond acceptors (Lipinski definition) is 3. The molecule has 0 fully saturated rings. The Hall–Kier alpha value is -1.35. The van der Waals surface area contributed by atoms with Crippen molar-refractivity contribution in [3.8, 4) is 0 Å². The monoisotopic (exact) mass is 234 g/mol. The van der Waals surface area contributed by atoms with Crippen LogP contribution >= 0.6 is 11.3 Å². The molecule has 0 amide bonds. The first-order valence-electron chi connectivity index (χ1n) is 5.29. The van der Waals surface area contributed by atoms with Crippen LogP contribution in [0, 0.1) is 13.8 Å². The average Bonchev–Trinajstić information content (AvgIpc) is 2.84. The molecule has 84 valence electrons. The van der Waals surface area contributed by atoms with Crippen LogP contribution in [0.2, 0.25) is 0 Å². The van der Waals surface area contributed by atoms with E-state index in [9.17, 15) is 4.79 Å². The molecule has 0 radical (unpaired) electrons. The Morgan fingerprint density at radius 1 is 1.44 bits per heavy atom. The van der Waals surface area contributed by atoms with Crippen LogP contribution in [-0.2, 0) is 6.42 Å². The molecule has 0 aliphatic heterocycles. The van der Waals surface area contributed by atoms with E-state index in [0.717, 1.165) is 23.5 Å². The molecule has 0 saturated carbocycles. The van der Waals surface area contributed by atoms with Crippen LogP contribution in [0.5, 0.6) is 0 Å². The third-order valence-corrected chi connectivity index (χ3v) is 3.46. The quantitative estimate of drug-likeness (QED) is 0.754. The summed E-state index contributed by atoms with van der Waals surface area (Å²) in [6.07, 6.45) is 1.38. The number of rotatable bonds is 4. The van der Waals surface area contributed by atoms with Gasteiger partial charge in [-0.3, -0.25) is 4.79 Å². The maximum Gasteiger partial charge on any atom is 0.166 e. The lowest BCUT2D eigenvalue weighted by Crippen LogP contribution is -2.00. The summed E-state index contributed by atoms with van der Waals surface area (Å²) < 4.78 is 5.35. The van der Waals surface area contributed by atoms with Crippen LogP contribution < -0.4 is 0 Å². The number of carbonyl (C=O) groups is 1. The lowest BCUT2D eigenvalue weighted by Gasteiger charge is -1.97. The van der Waals surface area contributed by atoms with Crippen LogP contribution in [-0.4, -0.2) is 5.78 Å². The van der Waals surface area contributed by atoms with Gasteiger partial charge in [-0.2, -0.15) is 0 Å². The van der Waals surface area contributed by atoms with E-state index in [0.29, 0.717) is 6.42 Å². The highest BCUT2D eigenvalue weighted by molar-refractivity contribution is 7.09. The van der Waals surface area contributed by atoms with Crippen molar-refractivity contribution in [1.82, 2.24) is 0 Å². The first-order valence-corrected chi connectivity index (χ1v) is 6.17. The van der Waals surface area contributed by atoms with Gasteiger partial charge < -0.3 is 4.42 Å². The van der Waals surface area contributed by atoms with Crippen molar-refractivity contribution < 1.29 is 9.21 Å². The molecule has 2 rings (SSSR count). The van der Waals surface area contributed by atoms with Crippen LogP contribution in [0.3, 0.4) is 0 Å². The number of Topliss-reactive ketones (excluding diaryl/α,β-unsaturated/α-hetero) is 1. The predicted octanol–water partition coefficient (Wildman–Crippen LogP) is 3.77. The molecule has 2 aromatic heterocycles. The number of furan rings is 1. The van der Waals surface area contributed by atoms with Crippen LogP contribution in [0.1, 0.15) is 33.2 Å². The van der Waals surface area contributed by atoms with E-state index in [-0.39, 0.29) is 5.78 Å². The topological polar surface area (TPSA) is 30.2 Å². The van der Waals surface area contributed by atoms with E-state index in [1.807, 2.05) is 31.4 Å². The highest BCUT2D eigenvalue weighted by Crippen LogP contribution is 2.18. The number of hydrogen-bond donors (Lipinski definition) is 0. The van der Waals surface area contributed by atoms with Gasteiger partial charge in [0.1, 0.15) is 11.5 Å². The summed E-state index contributed by atoms with van der Waals surface area (Å²) in [5.74, 6) is 1.70. The highest BCUT2D eigenvalue weighted by Gasteiger charge is 2.13. The van der Waals surface area contributed by atoms with Crippen LogP contribution in [0.4, 0.5) is 0 Å². The van der Waals surface area contributed by atoms with Gasteiger partial charge >= 0.3 is 0 Å². The Morgan fingerprint density at radius 3 is 2.81 bits per heavy atom. The minimum absolute atomic E-state index is 0.169. The van der Waals surface area contributed by atoms with Crippen molar-refractivity contribution in [1.29, 1.82) is 0 Å². The Labute approximate surface area is 98.9 Å². The van der Waals surface area contributed by atoms with Gasteiger partial charge in [0.15, 0.2) is 5.78 Å². The van der Waals surface area contributed by atoms with E-state index in [1.54, 1.807) is 11.3 Å². The van der Waals surface area contributed by atoms with E-state index in [4.69, 9.17) is 4.42 Å². The summed E-state index contributed by atoms with van der Waals surface area (Å²) in [7, 11) is 0. The fourth-order valence-electron chi connectivity index (χ4n) is 1.73. The zero-order valence-electron chi connectivity index (χ0n) is 9.45. The summed E-state index contributed by atoms with van der Waals surface area (Å²) in [6, 6.07) is 5.90. The Bertz CT molecular complexity index is 480. The second-order valence-electron chi connectivity index (χ2n) is 3.83. The van der Waals surface area contributed by atoms with Crippen molar-refractivity contribution in [2.75, 3.05) is 0 Å². The number of thiophene rings is 1. The van der Waals surface area contributed by atoms with Gasteiger partial charge in [0.05, 0.1) is 5.56 Å². The maximum absolute atomic E-state index is 11.9. The Morgan fingerprint density at radius 2 is 2.25 bits per heavy atom. The molecular weight excluding hydrogens is 220 g/mol. The lowest BCUT2D eigenvalue weighted by atomic mass is 10.1. The lowest BCUT2D eigenvalue weighted by molar-refractivity contribution is 0.0981. The van der Waals surface area contributed by atoms with Crippen molar-refractivity contribution in [3.63, 3.8) is 0 Å². The van der Waals surface area contributed by atoms with E-state index in [2.05, 4.69) is 6.07 Å². The molecule has 2 heterocycles. The minimum Gasteiger partial charge on any atom is -0.466 e. The third kappa shape index (κ3) is 2.42. The van der Waals surface area contributed by atoms with E-state index >= 15 is 0 Å². The maximum atomic E-state index is 11.9. The van der Waals surface area contributed by atoms with Crippen LogP contribution in [0.25, 0.3) is 0 Å². The first-order chi connectivity index (χ1) is 7.66. The van der Waals surface area contributed by atoms with Gasteiger partial charge in [-0.25, -0.2) is 0 Å². The minimum atomic E-state index is 0.169. The fourth-order valence-corrected chi connectivity index (χ4v) is 2.44. The molecule has 2 aromatic rings. The van der Waals surface area contributed by atoms with Gasteiger partial charge in [-0.15, -0.1) is 11.3 Å². The number of carbonyl (C=O) groups excluding carboxylic acids is 1. The zero-order valence-corrected chi connectivity index (χ0v) is 10.3. The molecule has 0 aromatic carbocycles. The summed E-state index contributed by atoms with van der Waals surface area (Å²) >= 11 is 1.69. The first kappa shape index (κ1) is 11.1. The van der Waals surface area contributed by atoms with Crippen molar-refractivity contribution >= 4 is 17.1 Å². The largest absolute Gasteiger partial charge is 0.466 e. The van der Waals surface area contributed by atoms with Crippen molar-refractivity contribution in [2.45, 2.75) is 26.7 Å². The van der Waals surface area contributed by atoms with Crippen LogP contribution in [0.15, 0.2) is 28.0 Å². The van der Waals surface area contributed by atoms with Gasteiger partial charge in [0.25, 0.3) is 0 Å². The standard InChI is InChI=1S/C13H14O2S/c1-9-8-12(10(2)15-9)13(14)6-5-11-4-3-7-16-11/h3-4,7-8H,5-6H2,1-2H3. The second kappa shape index (κ2) is 4.66. The Kier molecular flexibility index (Phi) is 3.25. The predicted molar refractivity (Wildman–Crippen MR) is 65.2 cm³/mol. The zero-order chi connectivity index (χ0) is 11.5.